The summed E-state index contributed by atoms with van der Waals surface area (Å²) >= 11 is 0. The van der Waals surface area contributed by atoms with Crippen LogP contribution in [0.15, 0.2) is 0 Å². The van der Waals surface area contributed by atoms with E-state index in [-0.39, 0.29) is 0 Å². The van der Waals surface area contributed by atoms with E-state index in [0.717, 1.165) is 6.54 Å². The summed E-state index contributed by atoms with van der Waals surface area (Å²) in [4.78, 5) is 5.17. The molecule has 3 heteroatoms. The van der Waals surface area contributed by atoms with Gasteiger partial charge in [-0.3, -0.25) is 0 Å². The van der Waals surface area contributed by atoms with Crippen LogP contribution in [0.2, 0.25) is 0 Å². The van der Waals surface area contributed by atoms with Crippen LogP contribution in [0.5, 0.6) is 0 Å². The smallest absolute Gasteiger partial charge is 0.0110 e. The van der Waals surface area contributed by atoms with Gasteiger partial charge in [0.05, 0.1) is 0 Å². The fourth-order valence-electron chi connectivity index (χ4n) is 2.57. The molecule has 1 fully saturated rings. The van der Waals surface area contributed by atoms with Crippen LogP contribution < -0.4 is 5.32 Å². The highest BCUT2D eigenvalue weighted by Crippen LogP contribution is 2.05. The minimum atomic E-state index is 0.692. The number of piperazine rings is 1. The Bertz CT molecular complexity index is 176. The Balaban J connectivity index is 1.96. The number of unbranched alkanes of at least 4 members (excludes halogenated alkanes) is 1. The predicted octanol–water partition coefficient (Wildman–Crippen LogP) is 1.79. The maximum absolute atomic E-state index is 3.48. The number of likely N-dealkylation sites (N-methyl/N-ethyl adjacent to an activating group) is 1. The number of nitrogens with one attached hydrogen (secondary N) is 1. The molecule has 1 aliphatic heterocycles. The van der Waals surface area contributed by atoms with E-state index in [0.29, 0.717) is 6.04 Å². The van der Waals surface area contributed by atoms with E-state index < -0.39 is 0 Å². The van der Waals surface area contributed by atoms with Crippen molar-refractivity contribution in [2.24, 2.45) is 0 Å². The summed E-state index contributed by atoms with van der Waals surface area (Å²) in [6.07, 6.45) is 4.05. The third-order valence-corrected chi connectivity index (χ3v) is 3.83. The molecule has 1 saturated heterocycles. The maximum atomic E-state index is 3.48. The van der Waals surface area contributed by atoms with Gasteiger partial charge in [0.15, 0.2) is 0 Å². The Labute approximate surface area is 108 Å². The zero-order valence-electron chi connectivity index (χ0n) is 12.0. The van der Waals surface area contributed by atoms with Crippen LogP contribution in [0.3, 0.4) is 0 Å². The summed E-state index contributed by atoms with van der Waals surface area (Å²) in [5, 5.41) is 3.48. The van der Waals surface area contributed by atoms with Gasteiger partial charge in [-0.15, -0.1) is 0 Å². The van der Waals surface area contributed by atoms with Crippen LogP contribution in [0.4, 0.5) is 0 Å². The summed E-state index contributed by atoms with van der Waals surface area (Å²) in [5.74, 6) is 0. The quantitative estimate of drug-likeness (QED) is 0.654. The van der Waals surface area contributed by atoms with Crippen molar-refractivity contribution in [3.63, 3.8) is 0 Å². The molecule has 0 amide bonds. The van der Waals surface area contributed by atoms with Crippen molar-refractivity contribution >= 4 is 0 Å². The second-order valence-corrected chi connectivity index (χ2v) is 5.23. The normalized spacial score (nSPS) is 20.6. The molecule has 0 aromatic carbocycles. The molecule has 0 bridgehead atoms. The maximum Gasteiger partial charge on any atom is 0.0110 e. The lowest BCUT2D eigenvalue weighted by atomic mass is 10.1. The number of hydrogen-bond donors (Lipinski definition) is 1. The van der Waals surface area contributed by atoms with Crippen LogP contribution in [0.1, 0.15) is 40.0 Å². The fraction of sp³-hybridized carbons (Fsp3) is 1.00. The molecule has 1 N–H and O–H groups in total. The number of nitrogens with zero attached hydrogens (tertiary/aromatic N) is 2. The Morgan fingerprint density at radius 1 is 1.00 bits per heavy atom. The molecule has 1 atom stereocenters. The molecule has 0 radical (unpaired) electrons. The molecule has 17 heavy (non-hydrogen) atoms. The third-order valence-electron chi connectivity index (χ3n) is 3.83. The lowest BCUT2D eigenvalue weighted by Gasteiger charge is -2.34. The molecular formula is C14H31N3. The highest BCUT2D eigenvalue weighted by Gasteiger charge is 2.14. The molecule has 0 aromatic rings. The minimum absolute atomic E-state index is 0.692. The highest BCUT2D eigenvalue weighted by molar-refractivity contribution is 4.71. The van der Waals surface area contributed by atoms with Crippen LogP contribution in [-0.2, 0) is 0 Å². The van der Waals surface area contributed by atoms with Gasteiger partial charge >= 0.3 is 0 Å². The van der Waals surface area contributed by atoms with E-state index in [1.165, 1.54) is 58.5 Å². The average Bonchev–Trinajstić information content (AvgIpc) is 2.36. The SMILES string of the molecule is CCNC(C)CCCCN1CCN(CC)CC1. The second-order valence-electron chi connectivity index (χ2n) is 5.23. The van der Waals surface area contributed by atoms with Crippen LogP contribution in [-0.4, -0.2) is 61.7 Å². The Kier molecular flexibility index (Phi) is 7.82. The lowest BCUT2D eigenvalue weighted by molar-refractivity contribution is 0.135. The van der Waals surface area contributed by atoms with Crippen molar-refractivity contribution in [3.8, 4) is 0 Å². The highest BCUT2D eigenvalue weighted by atomic mass is 15.3. The summed E-state index contributed by atoms with van der Waals surface area (Å²) in [6.45, 7) is 15.4. The van der Waals surface area contributed by atoms with E-state index in [9.17, 15) is 0 Å². The molecule has 0 saturated carbocycles. The van der Waals surface area contributed by atoms with Crippen molar-refractivity contribution in [2.75, 3.05) is 45.8 Å². The van der Waals surface area contributed by atoms with Gasteiger partial charge in [0.2, 0.25) is 0 Å². The van der Waals surface area contributed by atoms with E-state index in [2.05, 4.69) is 35.9 Å². The molecular weight excluding hydrogens is 210 g/mol. The van der Waals surface area contributed by atoms with E-state index in [1.54, 1.807) is 0 Å². The number of rotatable bonds is 8. The van der Waals surface area contributed by atoms with Crippen LogP contribution in [0.25, 0.3) is 0 Å². The van der Waals surface area contributed by atoms with Gasteiger partial charge in [0.1, 0.15) is 0 Å². The van der Waals surface area contributed by atoms with Crippen LogP contribution >= 0.6 is 0 Å². The van der Waals surface area contributed by atoms with Crippen molar-refractivity contribution in [3.05, 3.63) is 0 Å². The Morgan fingerprint density at radius 3 is 2.24 bits per heavy atom. The molecule has 0 spiro atoms. The van der Waals surface area contributed by atoms with Crippen molar-refractivity contribution in [1.82, 2.24) is 15.1 Å². The second kappa shape index (κ2) is 8.90. The lowest BCUT2D eigenvalue weighted by Crippen LogP contribution is -2.46. The van der Waals surface area contributed by atoms with E-state index in [1.807, 2.05) is 0 Å². The van der Waals surface area contributed by atoms with Gasteiger partial charge in [-0.1, -0.05) is 20.3 Å². The summed E-state index contributed by atoms with van der Waals surface area (Å²) in [5.41, 5.74) is 0. The predicted molar refractivity (Wildman–Crippen MR) is 75.5 cm³/mol. The fourth-order valence-corrected chi connectivity index (χ4v) is 2.57. The molecule has 0 aromatic heterocycles. The third kappa shape index (κ3) is 6.39. The molecule has 102 valence electrons. The van der Waals surface area contributed by atoms with Gasteiger partial charge in [0.25, 0.3) is 0 Å². The molecule has 0 aliphatic carbocycles. The molecule has 1 heterocycles. The molecule has 1 aliphatic rings. The van der Waals surface area contributed by atoms with E-state index >= 15 is 0 Å². The van der Waals surface area contributed by atoms with Gasteiger partial charge < -0.3 is 15.1 Å². The zero-order chi connectivity index (χ0) is 12.5. The summed E-state index contributed by atoms with van der Waals surface area (Å²) in [6, 6.07) is 0.692. The Morgan fingerprint density at radius 2 is 1.65 bits per heavy atom. The van der Waals surface area contributed by atoms with Crippen molar-refractivity contribution in [1.29, 1.82) is 0 Å². The average molecular weight is 241 g/mol. The molecule has 3 nitrogen and oxygen atoms in total. The van der Waals surface area contributed by atoms with Gasteiger partial charge in [0, 0.05) is 32.2 Å². The van der Waals surface area contributed by atoms with E-state index in [4.69, 9.17) is 0 Å². The first-order valence-electron chi connectivity index (χ1n) is 7.44. The topological polar surface area (TPSA) is 18.5 Å². The Hall–Kier alpha value is -0.120. The largest absolute Gasteiger partial charge is 0.315 e. The zero-order valence-corrected chi connectivity index (χ0v) is 12.0. The summed E-state index contributed by atoms with van der Waals surface area (Å²) < 4.78 is 0. The molecule has 1 unspecified atom stereocenters. The minimum Gasteiger partial charge on any atom is -0.315 e. The first-order valence-corrected chi connectivity index (χ1v) is 7.44. The van der Waals surface area contributed by atoms with Gasteiger partial charge in [-0.25, -0.2) is 0 Å². The van der Waals surface area contributed by atoms with Crippen molar-refractivity contribution < 1.29 is 0 Å². The van der Waals surface area contributed by atoms with Gasteiger partial charge in [-0.05, 0) is 39.4 Å². The summed E-state index contributed by atoms with van der Waals surface area (Å²) in [7, 11) is 0. The van der Waals surface area contributed by atoms with Gasteiger partial charge in [-0.2, -0.15) is 0 Å². The van der Waals surface area contributed by atoms with Crippen molar-refractivity contribution in [2.45, 2.75) is 46.1 Å². The first kappa shape index (κ1) is 14.9. The van der Waals surface area contributed by atoms with Crippen LogP contribution in [0, 0.1) is 0 Å². The standard InChI is InChI=1S/C14H31N3/c1-4-15-14(3)8-6-7-9-17-12-10-16(5-2)11-13-17/h14-15H,4-13H2,1-3H3. The first-order chi connectivity index (χ1) is 8.26. The number of hydrogen-bond acceptors (Lipinski definition) is 3. The molecule has 1 rings (SSSR count). The monoisotopic (exact) mass is 241 g/mol.